The molecule has 26 heteroatoms. The summed E-state index contributed by atoms with van der Waals surface area (Å²) in [4.78, 5) is 37.5. The van der Waals surface area contributed by atoms with Gasteiger partial charge in [0.2, 0.25) is 11.8 Å². The van der Waals surface area contributed by atoms with E-state index >= 15 is 8.78 Å². The third-order valence-electron chi connectivity index (χ3n) is 14.6. The van der Waals surface area contributed by atoms with Crippen LogP contribution in [0.2, 0.25) is 0 Å². The van der Waals surface area contributed by atoms with Crippen LogP contribution >= 0.6 is 0 Å². The Labute approximate surface area is 458 Å². The number of amides is 4. The zero-order valence-corrected chi connectivity index (χ0v) is 45.4. The molecule has 3 saturated heterocycles. The van der Waals surface area contributed by atoms with Crippen molar-refractivity contribution in [3.8, 4) is 22.9 Å². The van der Waals surface area contributed by atoms with Crippen molar-refractivity contribution >= 4 is 48.7 Å². The van der Waals surface area contributed by atoms with Crippen LogP contribution in [0, 0.1) is 11.6 Å². The minimum Gasteiger partial charge on any atom is -0.415 e. The fraction of sp³-hybridized carbons (Fsp3) is 0.407. The van der Waals surface area contributed by atoms with E-state index in [0.29, 0.717) is 17.3 Å². The summed E-state index contributed by atoms with van der Waals surface area (Å²) in [7, 11) is -2.26. The Balaban J connectivity index is 0.000000194. The van der Waals surface area contributed by atoms with Gasteiger partial charge in [-0.3, -0.25) is 9.80 Å². The number of carbonyl (C=O) groups excluding carboxylic acids is 2. The zero-order valence-electron chi connectivity index (χ0n) is 43.7. The van der Waals surface area contributed by atoms with Gasteiger partial charge in [0.25, 0.3) is 11.8 Å². The lowest BCUT2D eigenvalue weighted by atomic mass is 9.89. The summed E-state index contributed by atoms with van der Waals surface area (Å²) >= 11 is 0. The van der Waals surface area contributed by atoms with Gasteiger partial charge in [0.05, 0.1) is 36.1 Å². The molecule has 0 atom stereocenters. The summed E-state index contributed by atoms with van der Waals surface area (Å²) in [6.45, 7) is 3.73. The van der Waals surface area contributed by atoms with E-state index in [2.05, 4.69) is 50.4 Å². The van der Waals surface area contributed by atoms with Crippen LogP contribution in [0.5, 0.6) is 0 Å². The molecule has 80 heavy (non-hydrogen) atoms. The van der Waals surface area contributed by atoms with E-state index < -0.39 is 68.0 Å². The standard InChI is InChI=1S/C27H30F3N5O4S.C27H28F3N5O4S/c2*1-33-10-8-19(9-11-33)18-4-6-22(7-5-18)35(27(36)34-12-14-40(37,38)15-13-34)17-21-3-2-20(16-23(21)28)25-31-32-26(39-25)24(29)30/h2-7,16,19,24H,8-15,17H2,1H3;2-8,16,24H,9-15,17H2,1H3. The van der Waals surface area contributed by atoms with Crippen molar-refractivity contribution < 1.29 is 61.6 Å². The number of nitrogens with zero attached hydrogens (tertiary/aromatic N) is 10. The van der Waals surface area contributed by atoms with Gasteiger partial charge in [-0.25, -0.2) is 35.2 Å². The van der Waals surface area contributed by atoms with Crippen LogP contribution in [-0.2, 0) is 32.8 Å². The predicted octanol–water partition coefficient (Wildman–Crippen LogP) is 8.87. The molecule has 426 valence electrons. The molecule has 4 aliphatic rings. The van der Waals surface area contributed by atoms with Crippen molar-refractivity contribution in [1.82, 2.24) is 40.0 Å². The van der Waals surface area contributed by atoms with E-state index in [0.717, 1.165) is 63.1 Å². The maximum Gasteiger partial charge on any atom is 0.324 e. The highest BCUT2D eigenvalue weighted by molar-refractivity contribution is 7.91. The first-order valence-corrected chi connectivity index (χ1v) is 29.4. The van der Waals surface area contributed by atoms with Crippen LogP contribution in [0.1, 0.15) is 72.1 Å². The molecule has 0 N–H and O–H groups in total. The van der Waals surface area contributed by atoms with Gasteiger partial charge in [-0.1, -0.05) is 42.5 Å². The molecule has 0 unspecified atom stereocenters. The summed E-state index contributed by atoms with van der Waals surface area (Å²) in [5, 5.41) is 13.6. The van der Waals surface area contributed by atoms with Crippen molar-refractivity contribution in [2.24, 2.45) is 0 Å². The summed E-state index contributed by atoms with van der Waals surface area (Å²) in [5.41, 5.74) is 5.08. The molecular formula is C54H58F6N10O8S2. The molecule has 0 spiro atoms. The van der Waals surface area contributed by atoms with Crippen molar-refractivity contribution in [3.05, 3.63) is 137 Å². The molecule has 4 aliphatic heterocycles. The van der Waals surface area contributed by atoms with E-state index in [4.69, 9.17) is 8.83 Å². The average molecular weight is 1150 g/mol. The van der Waals surface area contributed by atoms with Crippen LogP contribution in [0.15, 0.2) is 99.8 Å². The number of benzene rings is 4. The summed E-state index contributed by atoms with van der Waals surface area (Å²) in [5.74, 6) is -3.70. The fourth-order valence-electron chi connectivity index (χ4n) is 9.68. The number of sulfone groups is 2. The molecular weight excluding hydrogens is 1090 g/mol. The minimum atomic E-state index is -3.21. The van der Waals surface area contributed by atoms with Gasteiger partial charge in [0, 0.05) is 72.9 Å². The smallest absolute Gasteiger partial charge is 0.324 e. The lowest BCUT2D eigenvalue weighted by molar-refractivity contribution is 0.115. The third-order valence-corrected chi connectivity index (χ3v) is 17.8. The van der Waals surface area contributed by atoms with Gasteiger partial charge in [-0.15, -0.1) is 20.4 Å². The Morgan fingerprint density at radius 2 is 1.00 bits per heavy atom. The highest BCUT2D eigenvalue weighted by Gasteiger charge is 2.32. The number of rotatable bonds is 12. The molecule has 3 fully saturated rings. The van der Waals surface area contributed by atoms with Gasteiger partial charge in [0.15, 0.2) is 19.7 Å². The van der Waals surface area contributed by atoms with E-state index in [1.807, 2.05) is 36.4 Å². The Hall–Kier alpha value is -7.16. The minimum absolute atomic E-state index is 0.0429. The topological polar surface area (TPSA) is 200 Å². The van der Waals surface area contributed by atoms with Gasteiger partial charge >= 0.3 is 24.9 Å². The number of carbonyl (C=O) groups is 2. The molecule has 6 heterocycles. The van der Waals surface area contributed by atoms with Crippen LogP contribution < -0.4 is 9.80 Å². The Kier molecular flexibility index (Phi) is 17.8. The highest BCUT2D eigenvalue weighted by atomic mass is 32.2. The molecule has 2 aromatic heterocycles. The molecule has 4 amide bonds. The largest absolute Gasteiger partial charge is 0.415 e. The number of alkyl halides is 4. The van der Waals surface area contributed by atoms with E-state index in [9.17, 15) is 44.0 Å². The van der Waals surface area contributed by atoms with Crippen molar-refractivity contribution in [2.75, 3.05) is 99.3 Å². The molecule has 18 nitrogen and oxygen atoms in total. The fourth-order valence-corrected chi connectivity index (χ4v) is 12.1. The lowest BCUT2D eigenvalue weighted by Gasteiger charge is -2.33. The van der Waals surface area contributed by atoms with E-state index in [1.165, 1.54) is 55.0 Å². The Morgan fingerprint density at radius 3 is 1.39 bits per heavy atom. The summed E-state index contributed by atoms with van der Waals surface area (Å²) in [6.07, 6.45) is -0.747. The second-order valence-corrected chi connectivity index (χ2v) is 24.7. The molecule has 0 radical (unpaired) electrons. The second-order valence-electron chi connectivity index (χ2n) is 20.1. The van der Waals surface area contributed by atoms with Gasteiger partial charge in [0.1, 0.15) is 11.6 Å². The molecule has 10 rings (SSSR count). The predicted molar refractivity (Wildman–Crippen MR) is 285 cm³/mol. The van der Waals surface area contributed by atoms with Crippen LogP contribution in [-0.4, -0.2) is 158 Å². The van der Waals surface area contributed by atoms with Crippen LogP contribution in [0.3, 0.4) is 0 Å². The molecule has 4 aromatic carbocycles. The lowest BCUT2D eigenvalue weighted by Crippen LogP contribution is -2.49. The summed E-state index contributed by atoms with van der Waals surface area (Å²) in [6, 6.07) is 22.2. The zero-order chi connectivity index (χ0) is 56.9. The maximum atomic E-state index is 15.3. The molecule has 0 bridgehead atoms. The van der Waals surface area contributed by atoms with Gasteiger partial charge in [-0.2, -0.15) is 17.6 Å². The average Bonchev–Trinajstić information content (AvgIpc) is 4.20. The van der Waals surface area contributed by atoms with Crippen molar-refractivity contribution in [2.45, 2.75) is 51.1 Å². The number of aromatic nitrogens is 4. The van der Waals surface area contributed by atoms with Crippen molar-refractivity contribution in [3.63, 3.8) is 0 Å². The molecule has 0 saturated carbocycles. The number of anilines is 2. The van der Waals surface area contributed by atoms with Gasteiger partial charge in [-0.05, 0) is 118 Å². The van der Waals surface area contributed by atoms with Crippen LogP contribution in [0.25, 0.3) is 28.5 Å². The number of hydrogen-bond donors (Lipinski definition) is 0. The summed E-state index contributed by atoms with van der Waals surface area (Å²) < 4.78 is 139. The second kappa shape index (κ2) is 24.7. The van der Waals surface area contributed by atoms with Crippen molar-refractivity contribution in [1.29, 1.82) is 0 Å². The maximum absolute atomic E-state index is 15.3. The number of piperidine rings is 1. The molecule has 0 aliphatic carbocycles. The first kappa shape index (κ1) is 57.5. The Bertz CT molecular complexity index is 3400. The molecule has 6 aromatic rings. The monoisotopic (exact) mass is 1150 g/mol. The number of halogens is 6. The number of likely N-dealkylation sites (N-methyl/N-ethyl adjacent to an activating group) is 1. The number of likely N-dealkylation sites (tertiary alicyclic amines) is 1. The highest BCUT2D eigenvalue weighted by Crippen LogP contribution is 2.33. The first-order valence-electron chi connectivity index (χ1n) is 25.8. The quantitative estimate of drug-likeness (QED) is 0.105. The SMILES string of the molecule is CN1CC=C(c2ccc(N(Cc3ccc(-c4nnc(C(F)F)o4)cc3F)C(=O)N3CCS(=O)(=O)CC3)cc2)CC1.CN1CCC(c2ccc(N(Cc3ccc(-c4nnc(C(F)F)o4)cc3F)C(=O)N3CCS(=O)(=O)CC3)cc2)CC1. The third kappa shape index (κ3) is 14.0. The van der Waals surface area contributed by atoms with E-state index in [-0.39, 0.29) is 96.3 Å². The normalized spacial score (nSPS) is 17.9. The van der Waals surface area contributed by atoms with Crippen LogP contribution in [0.4, 0.5) is 47.3 Å². The first-order chi connectivity index (χ1) is 38.2. The number of hydrogen-bond acceptors (Lipinski definition) is 14. The van der Waals surface area contributed by atoms with Gasteiger partial charge < -0.3 is 28.4 Å². The Morgan fingerprint density at radius 1 is 0.575 bits per heavy atom. The number of urea groups is 2. The van der Waals surface area contributed by atoms with E-state index in [1.54, 1.807) is 12.1 Å².